The molecular weight excluding hydrogens is 275 g/mol. The van der Waals surface area contributed by atoms with Crippen molar-refractivity contribution in [1.82, 2.24) is 20.2 Å². The molecule has 1 N–H and O–H groups in total. The van der Waals surface area contributed by atoms with E-state index in [1.165, 1.54) is 18.3 Å². The fraction of sp³-hybridized carbons (Fsp3) is 0. The van der Waals surface area contributed by atoms with Crippen LogP contribution in [0.1, 0.15) is 5.56 Å². The van der Waals surface area contributed by atoms with Crippen LogP contribution in [-0.4, -0.2) is 25.4 Å². The lowest BCUT2D eigenvalue weighted by Crippen LogP contribution is -2.32. The molecule has 1 aromatic carbocycles. The maximum Gasteiger partial charge on any atom is 0.305 e. The Morgan fingerprint density at radius 3 is 2.90 bits per heavy atom. The third kappa shape index (κ3) is 2.40. The van der Waals surface area contributed by atoms with Gasteiger partial charge < -0.3 is 0 Å². The smallest absolute Gasteiger partial charge is 0.284 e. The number of tetrazole rings is 1. The Morgan fingerprint density at radius 2 is 2.14 bits per heavy atom. The van der Waals surface area contributed by atoms with Crippen molar-refractivity contribution < 1.29 is 14.3 Å². The maximum atomic E-state index is 13.4. The largest absolute Gasteiger partial charge is 0.305 e. The average Bonchev–Trinajstić information content (AvgIpc) is 2.96. The van der Waals surface area contributed by atoms with E-state index >= 15 is 0 Å². The summed E-state index contributed by atoms with van der Waals surface area (Å²) in [7, 11) is 0. The minimum Gasteiger partial charge on any atom is -0.284 e. The van der Waals surface area contributed by atoms with Crippen LogP contribution in [0.4, 0.5) is 4.39 Å². The number of hydrogen-bond acceptors (Lipinski definition) is 5. The summed E-state index contributed by atoms with van der Waals surface area (Å²) < 4.78 is 14.3. The Morgan fingerprint density at radius 1 is 1.29 bits per heavy atom. The van der Waals surface area contributed by atoms with Crippen LogP contribution in [0.3, 0.4) is 0 Å². The minimum absolute atomic E-state index is 0.154. The molecule has 0 aliphatic carbocycles. The highest BCUT2D eigenvalue weighted by Gasteiger charge is 2.18. The molecular formula is C13H8FN6O+. The summed E-state index contributed by atoms with van der Waals surface area (Å²) in [5.74, 6) is -0.402. The summed E-state index contributed by atoms with van der Waals surface area (Å²) in [5, 5.41) is 30.2. The Balaban J connectivity index is 2.05. The van der Waals surface area contributed by atoms with Crippen molar-refractivity contribution in [3.63, 3.8) is 0 Å². The molecule has 3 rings (SSSR count). The Labute approximate surface area is 118 Å². The van der Waals surface area contributed by atoms with Gasteiger partial charge in [-0.1, -0.05) is 0 Å². The van der Waals surface area contributed by atoms with E-state index in [9.17, 15) is 9.60 Å². The fourth-order valence-electron chi connectivity index (χ4n) is 1.79. The predicted molar refractivity (Wildman–Crippen MR) is 66.6 cm³/mol. The second-order valence-electron chi connectivity index (χ2n) is 4.14. The predicted octanol–water partition coefficient (Wildman–Crippen LogP) is 0.865. The number of benzene rings is 1. The lowest BCUT2D eigenvalue weighted by Gasteiger charge is -1.99. The first kappa shape index (κ1) is 12.7. The number of aromatic nitrogens is 5. The fourth-order valence-corrected chi connectivity index (χ4v) is 1.79. The number of nitriles is 1. The van der Waals surface area contributed by atoms with Crippen LogP contribution >= 0.6 is 0 Å². The molecule has 0 amide bonds. The lowest BCUT2D eigenvalue weighted by atomic mass is 10.2. The first-order valence-corrected chi connectivity index (χ1v) is 5.89. The highest BCUT2D eigenvalue weighted by atomic mass is 19.1. The van der Waals surface area contributed by atoms with Crippen molar-refractivity contribution in [2.24, 2.45) is 0 Å². The number of pyridine rings is 1. The Bertz CT molecular complexity index is 854. The summed E-state index contributed by atoms with van der Waals surface area (Å²) in [6, 6.07) is 10.5. The molecule has 8 heteroatoms. The van der Waals surface area contributed by atoms with Crippen molar-refractivity contribution in [2.45, 2.75) is 0 Å². The van der Waals surface area contributed by atoms with Gasteiger partial charge >= 0.3 is 5.69 Å². The molecule has 2 heterocycles. The van der Waals surface area contributed by atoms with Crippen LogP contribution in [0.25, 0.3) is 17.2 Å². The van der Waals surface area contributed by atoms with Gasteiger partial charge in [-0.2, -0.15) is 5.26 Å². The van der Waals surface area contributed by atoms with Crippen molar-refractivity contribution in [2.75, 3.05) is 0 Å². The summed E-state index contributed by atoms with van der Waals surface area (Å²) in [4.78, 5) is 1.09. The van der Waals surface area contributed by atoms with Crippen molar-refractivity contribution in [3.8, 4) is 23.3 Å². The van der Waals surface area contributed by atoms with E-state index in [2.05, 4.69) is 15.4 Å². The summed E-state index contributed by atoms with van der Waals surface area (Å²) in [5.41, 5.74) is 0.757. The molecule has 0 saturated heterocycles. The van der Waals surface area contributed by atoms with E-state index in [1.807, 2.05) is 6.07 Å². The molecule has 3 aromatic rings. The van der Waals surface area contributed by atoms with Gasteiger partial charge in [0.2, 0.25) is 6.20 Å². The van der Waals surface area contributed by atoms with Gasteiger partial charge in [0.1, 0.15) is 5.82 Å². The normalized spacial score (nSPS) is 10.3. The lowest BCUT2D eigenvalue weighted by molar-refractivity contribution is -0.896. The zero-order valence-corrected chi connectivity index (χ0v) is 10.5. The average molecular weight is 283 g/mol. The molecule has 21 heavy (non-hydrogen) atoms. The Hall–Kier alpha value is -3.34. The van der Waals surface area contributed by atoms with Gasteiger partial charge in [0.25, 0.3) is 5.82 Å². The van der Waals surface area contributed by atoms with Crippen LogP contribution in [0.2, 0.25) is 0 Å². The van der Waals surface area contributed by atoms with Crippen LogP contribution in [0.5, 0.6) is 0 Å². The van der Waals surface area contributed by atoms with E-state index in [1.54, 1.807) is 18.2 Å². The molecule has 0 bridgehead atoms. The molecule has 0 radical (unpaired) electrons. The molecule has 0 spiro atoms. The molecule has 0 saturated carbocycles. The zero-order valence-electron chi connectivity index (χ0n) is 10.5. The maximum absolute atomic E-state index is 13.4. The number of halogens is 1. The topological polar surface area (TPSA) is 91.5 Å². The van der Waals surface area contributed by atoms with E-state index in [-0.39, 0.29) is 17.1 Å². The van der Waals surface area contributed by atoms with Gasteiger partial charge in [-0.3, -0.25) is 5.21 Å². The first-order chi connectivity index (χ1) is 10.2. The highest BCUT2D eigenvalue weighted by Crippen LogP contribution is 2.13. The second-order valence-corrected chi connectivity index (χ2v) is 4.14. The van der Waals surface area contributed by atoms with Crippen molar-refractivity contribution in [1.29, 1.82) is 5.26 Å². The van der Waals surface area contributed by atoms with Crippen LogP contribution < -0.4 is 4.73 Å². The van der Waals surface area contributed by atoms with Crippen LogP contribution in [0, 0.1) is 17.1 Å². The number of nitrogens with zero attached hydrogens (tertiary/aromatic N) is 6. The quantitative estimate of drug-likeness (QED) is 0.556. The molecule has 0 atom stereocenters. The summed E-state index contributed by atoms with van der Waals surface area (Å²) >= 11 is 0. The van der Waals surface area contributed by atoms with E-state index < -0.39 is 5.82 Å². The minimum atomic E-state index is -0.570. The van der Waals surface area contributed by atoms with E-state index in [0.717, 1.165) is 15.6 Å². The second kappa shape index (κ2) is 4.97. The van der Waals surface area contributed by atoms with Gasteiger partial charge in [0.05, 0.1) is 17.3 Å². The molecule has 0 aliphatic heterocycles. The summed E-state index contributed by atoms with van der Waals surface area (Å²) in [6.45, 7) is 0. The standard InChI is InChI=1S/C13H8FN6O/c14-10-5-9(8-15)6-11(7-10)20-17-13(16-18-20)12-3-1-2-4-19(12)21/h1-7,21H/q+1. The molecule has 2 aromatic heterocycles. The molecule has 0 unspecified atom stereocenters. The van der Waals surface area contributed by atoms with Gasteiger partial charge in [-0.25, -0.2) is 4.39 Å². The molecule has 7 nitrogen and oxygen atoms in total. The third-order valence-electron chi connectivity index (χ3n) is 2.72. The monoisotopic (exact) mass is 283 g/mol. The SMILES string of the molecule is N#Cc1cc(F)cc(-n2nnc(-c3cccc[n+]3O)n2)c1. The third-order valence-corrected chi connectivity index (χ3v) is 2.72. The molecule has 0 fully saturated rings. The number of rotatable bonds is 2. The Kier molecular flexibility index (Phi) is 3.00. The first-order valence-electron chi connectivity index (χ1n) is 5.89. The van der Waals surface area contributed by atoms with E-state index in [4.69, 9.17) is 5.26 Å². The van der Waals surface area contributed by atoms with Gasteiger partial charge in [-0.05, 0) is 23.4 Å². The highest BCUT2D eigenvalue weighted by molar-refractivity contribution is 5.44. The molecule has 0 aliphatic rings. The van der Waals surface area contributed by atoms with Crippen molar-refractivity contribution >= 4 is 0 Å². The summed E-state index contributed by atoms with van der Waals surface area (Å²) in [6.07, 6.45) is 1.42. The number of hydrogen-bond donors (Lipinski definition) is 1. The van der Waals surface area contributed by atoms with E-state index in [0.29, 0.717) is 5.69 Å². The molecule has 102 valence electrons. The zero-order chi connectivity index (χ0) is 14.8. The van der Waals surface area contributed by atoms with Crippen LogP contribution in [-0.2, 0) is 0 Å². The van der Waals surface area contributed by atoms with Crippen molar-refractivity contribution in [3.05, 3.63) is 54.0 Å². The van der Waals surface area contributed by atoms with Gasteiger partial charge in [0, 0.05) is 22.9 Å². The van der Waals surface area contributed by atoms with Gasteiger partial charge in [-0.15, -0.1) is 15.0 Å². The van der Waals surface area contributed by atoms with Crippen LogP contribution in [0.15, 0.2) is 42.6 Å². The van der Waals surface area contributed by atoms with Gasteiger partial charge in [0.15, 0.2) is 0 Å².